The lowest BCUT2D eigenvalue weighted by Gasteiger charge is -1.99. The van der Waals surface area contributed by atoms with E-state index in [2.05, 4.69) is 31.4 Å². The van der Waals surface area contributed by atoms with Crippen molar-refractivity contribution < 1.29 is 0 Å². The average molecular weight is 308 g/mol. The summed E-state index contributed by atoms with van der Waals surface area (Å²) >= 11 is 11.5. The summed E-state index contributed by atoms with van der Waals surface area (Å²) in [7, 11) is 0. The van der Waals surface area contributed by atoms with Crippen LogP contribution in [-0.4, -0.2) is 10.2 Å². The molecule has 2 rings (SSSR count). The number of hydrogen-bond acceptors (Lipinski definition) is 5. The number of anilines is 1. The normalized spacial score (nSPS) is 10.4. The Bertz CT molecular complexity index is 472. The van der Waals surface area contributed by atoms with Crippen LogP contribution in [0.15, 0.2) is 15.9 Å². The number of aromatic nitrogens is 2. The van der Waals surface area contributed by atoms with E-state index in [1.165, 1.54) is 16.2 Å². The molecular formula is C7H6BrN3S3. The lowest BCUT2D eigenvalue weighted by atomic mass is 10.5. The molecule has 0 fully saturated rings. The molecule has 0 aliphatic heterocycles. The third-order valence-corrected chi connectivity index (χ3v) is 4.50. The number of hydrogen-bond donors (Lipinski definition) is 2. The van der Waals surface area contributed by atoms with Gasteiger partial charge in [0, 0.05) is 9.35 Å². The van der Waals surface area contributed by atoms with Crippen LogP contribution in [-0.2, 0) is 6.54 Å². The van der Waals surface area contributed by atoms with Gasteiger partial charge in [-0.25, -0.2) is 0 Å². The summed E-state index contributed by atoms with van der Waals surface area (Å²) in [6.07, 6.45) is 0. The molecule has 0 aliphatic rings. The molecule has 3 nitrogen and oxygen atoms in total. The van der Waals surface area contributed by atoms with Gasteiger partial charge in [0.15, 0.2) is 3.95 Å². The quantitative estimate of drug-likeness (QED) is 0.851. The Hall–Kier alpha value is -0.240. The van der Waals surface area contributed by atoms with E-state index in [4.69, 9.17) is 12.2 Å². The molecule has 74 valence electrons. The Balaban J connectivity index is 2.01. The second-order valence-electron chi connectivity index (χ2n) is 2.46. The molecule has 7 heteroatoms. The molecule has 0 saturated heterocycles. The number of aromatic amines is 1. The zero-order valence-electron chi connectivity index (χ0n) is 6.91. The molecule has 0 aliphatic carbocycles. The molecule has 2 aromatic rings. The van der Waals surface area contributed by atoms with Gasteiger partial charge in [0.2, 0.25) is 5.13 Å². The van der Waals surface area contributed by atoms with Crippen LogP contribution in [0, 0.1) is 3.95 Å². The minimum atomic E-state index is 0.692. The smallest absolute Gasteiger partial charge is 0.204 e. The van der Waals surface area contributed by atoms with E-state index in [1.807, 2.05) is 11.4 Å². The number of halogens is 1. The number of rotatable bonds is 3. The summed E-state index contributed by atoms with van der Waals surface area (Å²) in [5.41, 5.74) is 0. The maximum absolute atomic E-state index is 4.93. The first kappa shape index (κ1) is 10.3. The van der Waals surface area contributed by atoms with Crippen molar-refractivity contribution in [2.24, 2.45) is 0 Å². The molecule has 0 radical (unpaired) electrons. The molecule has 14 heavy (non-hydrogen) atoms. The van der Waals surface area contributed by atoms with Crippen LogP contribution in [0.3, 0.4) is 0 Å². The van der Waals surface area contributed by atoms with Crippen LogP contribution in [0.25, 0.3) is 0 Å². The fraction of sp³-hybridized carbons (Fsp3) is 0.143. The molecule has 2 aromatic heterocycles. The van der Waals surface area contributed by atoms with Crippen molar-refractivity contribution in [1.82, 2.24) is 10.2 Å². The molecule has 0 amide bonds. The van der Waals surface area contributed by atoms with Crippen LogP contribution in [0.5, 0.6) is 0 Å². The summed E-state index contributed by atoms with van der Waals surface area (Å²) in [4.78, 5) is 1.26. The van der Waals surface area contributed by atoms with Crippen LogP contribution in [0.4, 0.5) is 5.13 Å². The van der Waals surface area contributed by atoms with Crippen LogP contribution < -0.4 is 5.32 Å². The molecule has 0 spiro atoms. The number of H-pyrrole nitrogens is 1. The zero-order chi connectivity index (χ0) is 9.97. The summed E-state index contributed by atoms with van der Waals surface area (Å²) in [6, 6.07) is 2.04. The minimum absolute atomic E-state index is 0.692. The van der Waals surface area contributed by atoms with E-state index < -0.39 is 0 Å². The van der Waals surface area contributed by atoms with Crippen molar-refractivity contribution in [2.75, 3.05) is 5.32 Å². The fourth-order valence-corrected chi connectivity index (χ4v) is 3.13. The first-order valence-corrected chi connectivity index (χ1v) is 6.66. The topological polar surface area (TPSA) is 40.7 Å². The van der Waals surface area contributed by atoms with E-state index >= 15 is 0 Å². The summed E-state index contributed by atoms with van der Waals surface area (Å²) in [5.74, 6) is 0. The van der Waals surface area contributed by atoms with Crippen LogP contribution in [0.2, 0.25) is 0 Å². The third-order valence-electron chi connectivity index (χ3n) is 1.53. The highest BCUT2D eigenvalue weighted by Gasteiger charge is 2.02. The minimum Gasteiger partial charge on any atom is -0.355 e. The highest BCUT2D eigenvalue weighted by Crippen LogP contribution is 2.23. The molecule has 0 saturated carbocycles. The largest absolute Gasteiger partial charge is 0.355 e. The SMILES string of the molecule is S=c1[nH]nc(NCc2sccc2Br)s1. The summed E-state index contributed by atoms with van der Waals surface area (Å²) in [5, 5.41) is 12.8. The van der Waals surface area contributed by atoms with Gasteiger partial charge in [-0.3, -0.25) is 5.10 Å². The van der Waals surface area contributed by atoms with Gasteiger partial charge in [0.05, 0.1) is 6.54 Å². The van der Waals surface area contributed by atoms with Crippen molar-refractivity contribution in [3.8, 4) is 0 Å². The lowest BCUT2D eigenvalue weighted by molar-refractivity contribution is 1.05. The predicted octanol–water partition coefficient (Wildman–Crippen LogP) is 3.64. The Labute approximate surface area is 102 Å². The van der Waals surface area contributed by atoms with Gasteiger partial charge in [0.1, 0.15) is 0 Å². The van der Waals surface area contributed by atoms with Gasteiger partial charge in [-0.1, -0.05) is 11.3 Å². The number of nitrogens with one attached hydrogen (secondary N) is 2. The highest BCUT2D eigenvalue weighted by atomic mass is 79.9. The summed E-state index contributed by atoms with van der Waals surface area (Å²) < 4.78 is 1.83. The fourth-order valence-electron chi connectivity index (χ4n) is 0.913. The van der Waals surface area contributed by atoms with E-state index in [1.54, 1.807) is 11.3 Å². The standard InChI is InChI=1S/C7H6BrN3S3/c8-4-1-2-13-5(4)3-9-6-10-11-7(12)14-6/h1-2H,3H2,(H,9,10)(H,11,12). The zero-order valence-corrected chi connectivity index (χ0v) is 10.9. The monoisotopic (exact) mass is 307 g/mol. The maximum atomic E-state index is 4.93. The van der Waals surface area contributed by atoms with E-state index in [9.17, 15) is 0 Å². The van der Waals surface area contributed by atoms with Crippen molar-refractivity contribution in [3.05, 3.63) is 24.8 Å². The number of thiophene rings is 1. The Morgan fingerprint density at radius 3 is 3.07 bits per heavy atom. The molecule has 2 N–H and O–H groups in total. The van der Waals surface area contributed by atoms with E-state index in [0.29, 0.717) is 3.95 Å². The second kappa shape index (κ2) is 4.52. The van der Waals surface area contributed by atoms with Gasteiger partial charge in [-0.05, 0) is 39.6 Å². The molecular weight excluding hydrogens is 302 g/mol. The van der Waals surface area contributed by atoms with Crippen molar-refractivity contribution >= 4 is 56.0 Å². The highest BCUT2D eigenvalue weighted by molar-refractivity contribution is 9.10. The third kappa shape index (κ3) is 2.41. The first-order valence-electron chi connectivity index (χ1n) is 3.77. The lowest BCUT2D eigenvalue weighted by Crippen LogP contribution is -1.97. The Morgan fingerprint density at radius 2 is 2.50 bits per heavy atom. The van der Waals surface area contributed by atoms with Gasteiger partial charge in [0.25, 0.3) is 0 Å². The van der Waals surface area contributed by atoms with E-state index in [0.717, 1.165) is 16.1 Å². The average Bonchev–Trinajstić information content (AvgIpc) is 2.72. The summed E-state index contributed by atoms with van der Waals surface area (Å²) in [6.45, 7) is 0.772. The predicted molar refractivity (Wildman–Crippen MR) is 66.6 cm³/mol. The van der Waals surface area contributed by atoms with Crippen molar-refractivity contribution in [2.45, 2.75) is 6.54 Å². The molecule has 0 unspecified atom stereocenters. The van der Waals surface area contributed by atoms with Crippen LogP contribution >= 0.6 is 50.8 Å². The molecule has 2 heterocycles. The van der Waals surface area contributed by atoms with Crippen molar-refractivity contribution in [1.29, 1.82) is 0 Å². The van der Waals surface area contributed by atoms with Gasteiger partial charge >= 0.3 is 0 Å². The second-order valence-corrected chi connectivity index (χ2v) is 5.98. The van der Waals surface area contributed by atoms with E-state index in [-0.39, 0.29) is 0 Å². The van der Waals surface area contributed by atoms with Crippen molar-refractivity contribution in [3.63, 3.8) is 0 Å². The molecule has 0 atom stereocenters. The van der Waals surface area contributed by atoms with Gasteiger partial charge < -0.3 is 5.32 Å². The number of nitrogens with zero attached hydrogens (tertiary/aromatic N) is 1. The Morgan fingerprint density at radius 1 is 1.64 bits per heavy atom. The van der Waals surface area contributed by atoms with Crippen LogP contribution in [0.1, 0.15) is 4.88 Å². The van der Waals surface area contributed by atoms with Gasteiger partial charge in [-0.15, -0.1) is 16.4 Å². The van der Waals surface area contributed by atoms with Gasteiger partial charge in [-0.2, -0.15) is 0 Å². The maximum Gasteiger partial charge on any atom is 0.204 e. The molecule has 0 aromatic carbocycles. The first-order chi connectivity index (χ1) is 6.75. The Kier molecular flexibility index (Phi) is 3.32. The molecule has 0 bridgehead atoms.